The first-order chi connectivity index (χ1) is 7.56. The number of hydrogen-bond donors (Lipinski definition) is 1. The minimum Gasteiger partial charge on any atom is -0.481 e. The van der Waals surface area contributed by atoms with Crippen LogP contribution in [0.1, 0.15) is 26.5 Å². The lowest BCUT2D eigenvalue weighted by Gasteiger charge is -2.03. The third-order valence-electron chi connectivity index (χ3n) is 1.77. The number of ether oxygens (including phenoxy) is 1. The summed E-state index contributed by atoms with van der Waals surface area (Å²) in [5.41, 5.74) is 0.243. The molecule has 1 aromatic heterocycles. The van der Waals surface area contributed by atoms with Crippen LogP contribution in [0, 0.1) is 0 Å². The first-order valence-corrected chi connectivity index (χ1v) is 4.33. The molecule has 0 atom stereocenters. The van der Waals surface area contributed by atoms with E-state index in [4.69, 9.17) is 5.11 Å². The third kappa shape index (κ3) is 2.88. The summed E-state index contributed by atoms with van der Waals surface area (Å²) >= 11 is 0. The van der Waals surface area contributed by atoms with Crippen LogP contribution < -0.4 is 0 Å². The highest BCUT2D eigenvalue weighted by Gasteiger charge is 2.11. The second-order valence-corrected chi connectivity index (χ2v) is 2.95. The van der Waals surface area contributed by atoms with E-state index in [0.717, 1.165) is 0 Å². The fourth-order valence-electron chi connectivity index (χ4n) is 1.15. The zero-order valence-electron chi connectivity index (χ0n) is 8.47. The van der Waals surface area contributed by atoms with E-state index in [1.54, 1.807) is 0 Å². The molecule has 0 spiro atoms. The Hall–Kier alpha value is -2.24. The molecule has 1 heterocycles. The van der Waals surface area contributed by atoms with E-state index in [1.807, 2.05) is 0 Å². The molecule has 0 fully saturated rings. The summed E-state index contributed by atoms with van der Waals surface area (Å²) in [6.45, 7) is 0. The van der Waals surface area contributed by atoms with E-state index in [-0.39, 0.29) is 23.4 Å². The van der Waals surface area contributed by atoms with Crippen molar-refractivity contribution in [2.24, 2.45) is 0 Å². The summed E-state index contributed by atoms with van der Waals surface area (Å²) in [4.78, 5) is 36.0. The number of aldehydes is 1. The van der Waals surface area contributed by atoms with Gasteiger partial charge in [0.15, 0.2) is 6.29 Å². The van der Waals surface area contributed by atoms with Crippen LogP contribution in [0.4, 0.5) is 0 Å². The number of pyridine rings is 1. The number of carbonyl (C=O) groups excluding carboxylic acids is 2. The Morgan fingerprint density at radius 2 is 2.19 bits per heavy atom. The molecule has 0 radical (unpaired) electrons. The van der Waals surface area contributed by atoms with Crippen molar-refractivity contribution in [2.75, 3.05) is 7.11 Å². The summed E-state index contributed by atoms with van der Waals surface area (Å²) in [5.74, 6) is -1.73. The van der Waals surface area contributed by atoms with Gasteiger partial charge >= 0.3 is 11.9 Å². The normalized spacial score (nSPS) is 9.56. The number of methoxy groups -OCH3 is 1. The van der Waals surface area contributed by atoms with E-state index in [0.29, 0.717) is 6.29 Å². The zero-order chi connectivity index (χ0) is 12.1. The van der Waals surface area contributed by atoms with Crippen molar-refractivity contribution >= 4 is 18.2 Å². The molecule has 1 N–H and O–H groups in total. The summed E-state index contributed by atoms with van der Waals surface area (Å²) in [7, 11) is 1.19. The maximum atomic E-state index is 11.2. The van der Waals surface area contributed by atoms with Crippen molar-refractivity contribution in [1.29, 1.82) is 0 Å². The third-order valence-corrected chi connectivity index (χ3v) is 1.77. The van der Waals surface area contributed by atoms with Gasteiger partial charge in [0.05, 0.1) is 24.8 Å². The van der Waals surface area contributed by atoms with Crippen molar-refractivity contribution in [2.45, 2.75) is 6.42 Å². The molecule has 1 aromatic rings. The highest BCUT2D eigenvalue weighted by Crippen LogP contribution is 2.07. The first kappa shape index (κ1) is 11.8. The van der Waals surface area contributed by atoms with E-state index in [9.17, 15) is 14.4 Å². The van der Waals surface area contributed by atoms with Crippen molar-refractivity contribution in [1.82, 2.24) is 4.98 Å². The van der Waals surface area contributed by atoms with Crippen LogP contribution in [0.15, 0.2) is 12.1 Å². The van der Waals surface area contributed by atoms with Gasteiger partial charge in [-0.3, -0.25) is 9.59 Å². The van der Waals surface area contributed by atoms with Crippen molar-refractivity contribution in [3.63, 3.8) is 0 Å². The number of esters is 1. The van der Waals surface area contributed by atoms with Gasteiger partial charge in [0.25, 0.3) is 0 Å². The van der Waals surface area contributed by atoms with Crippen LogP contribution in [0.5, 0.6) is 0 Å². The number of carbonyl (C=O) groups is 3. The molecule has 0 saturated carbocycles. The van der Waals surface area contributed by atoms with Gasteiger partial charge in [0.1, 0.15) is 5.69 Å². The van der Waals surface area contributed by atoms with Crippen molar-refractivity contribution in [3.8, 4) is 0 Å². The molecule has 6 nitrogen and oxygen atoms in total. The van der Waals surface area contributed by atoms with E-state index >= 15 is 0 Å². The number of carboxylic acids is 1. The molecule has 84 valence electrons. The molecule has 0 aromatic carbocycles. The topological polar surface area (TPSA) is 93.6 Å². The van der Waals surface area contributed by atoms with Gasteiger partial charge in [-0.1, -0.05) is 0 Å². The molecular weight excluding hydrogens is 214 g/mol. The van der Waals surface area contributed by atoms with Crippen LogP contribution in [-0.2, 0) is 16.0 Å². The maximum Gasteiger partial charge on any atom is 0.337 e. The molecule has 0 aliphatic rings. The summed E-state index contributed by atoms with van der Waals surface area (Å²) in [6, 6.07) is 2.52. The van der Waals surface area contributed by atoms with E-state index in [1.165, 1.54) is 19.2 Å². The van der Waals surface area contributed by atoms with Gasteiger partial charge in [-0.15, -0.1) is 0 Å². The fourth-order valence-corrected chi connectivity index (χ4v) is 1.15. The average Bonchev–Trinajstić information content (AvgIpc) is 2.26. The molecule has 0 aliphatic heterocycles. The Morgan fingerprint density at radius 1 is 1.50 bits per heavy atom. The average molecular weight is 223 g/mol. The molecule has 0 amide bonds. The van der Waals surface area contributed by atoms with E-state index < -0.39 is 11.9 Å². The SMILES string of the molecule is COC(=O)c1cc(C=O)nc(CC(=O)O)c1. The molecule has 0 bridgehead atoms. The van der Waals surface area contributed by atoms with Gasteiger partial charge in [-0.2, -0.15) is 0 Å². The molecule has 0 aliphatic carbocycles. The van der Waals surface area contributed by atoms with Crippen LogP contribution in [0.25, 0.3) is 0 Å². The first-order valence-electron chi connectivity index (χ1n) is 4.33. The highest BCUT2D eigenvalue weighted by molar-refractivity contribution is 5.91. The molecule has 6 heteroatoms. The lowest BCUT2D eigenvalue weighted by Crippen LogP contribution is -2.08. The van der Waals surface area contributed by atoms with Crippen molar-refractivity contribution in [3.05, 3.63) is 29.1 Å². The summed E-state index contributed by atoms with van der Waals surface area (Å²) < 4.78 is 4.47. The summed E-state index contributed by atoms with van der Waals surface area (Å²) in [6.07, 6.45) is 0.0868. The van der Waals surface area contributed by atoms with Crippen LogP contribution in [0.3, 0.4) is 0 Å². The minimum atomic E-state index is -1.09. The monoisotopic (exact) mass is 223 g/mol. The largest absolute Gasteiger partial charge is 0.481 e. The highest BCUT2D eigenvalue weighted by atomic mass is 16.5. The fraction of sp³-hybridized carbons (Fsp3) is 0.200. The maximum absolute atomic E-state index is 11.2. The van der Waals surface area contributed by atoms with Crippen LogP contribution in [-0.4, -0.2) is 35.4 Å². The predicted molar refractivity (Wildman–Crippen MR) is 52.3 cm³/mol. The zero-order valence-corrected chi connectivity index (χ0v) is 8.47. The Morgan fingerprint density at radius 3 is 2.69 bits per heavy atom. The smallest absolute Gasteiger partial charge is 0.337 e. The molecule has 0 unspecified atom stereocenters. The van der Waals surface area contributed by atoms with Gasteiger partial charge in [0, 0.05) is 0 Å². The quantitative estimate of drug-likeness (QED) is 0.583. The second-order valence-electron chi connectivity index (χ2n) is 2.95. The lowest BCUT2D eigenvalue weighted by molar-refractivity contribution is -0.136. The van der Waals surface area contributed by atoms with Gasteiger partial charge in [-0.05, 0) is 12.1 Å². The molecule has 16 heavy (non-hydrogen) atoms. The molecule has 1 rings (SSSR count). The van der Waals surface area contributed by atoms with Gasteiger partial charge in [0.2, 0.25) is 0 Å². The Bertz CT molecular complexity index is 441. The van der Waals surface area contributed by atoms with E-state index in [2.05, 4.69) is 9.72 Å². The number of rotatable bonds is 4. The Labute approximate surface area is 90.9 Å². The number of hydrogen-bond acceptors (Lipinski definition) is 5. The Kier molecular flexibility index (Phi) is 3.71. The molecular formula is C10H9NO5. The second kappa shape index (κ2) is 5.01. The van der Waals surface area contributed by atoms with Crippen molar-refractivity contribution < 1.29 is 24.2 Å². The number of nitrogens with zero attached hydrogens (tertiary/aromatic N) is 1. The number of aliphatic carboxylic acids is 1. The number of carboxylic acid groups (broad SMARTS) is 1. The van der Waals surface area contributed by atoms with Crippen LogP contribution >= 0.6 is 0 Å². The standard InChI is InChI=1S/C10H9NO5/c1-16-10(15)6-2-7(4-9(13)14)11-8(3-6)5-12/h2-3,5H,4H2,1H3,(H,13,14). The Balaban J connectivity index is 3.15. The minimum absolute atomic E-state index is 0.000787. The predicted octanol–water partition coefficient (Wildman–Crippen LogP) is 0.308. The number of aromatic nitrogens is 1. The summed E-state index contributed by atoms with van der Waals surface area (Å²) in [5, 5.41) is 8.57. The van der Waals surface area contributed by atoms with Gasteiger partial charge < -0.3 is 9.84 Å². The van der Waals surface area contributed by atoms with Gasteiger partial charge in [-0.25, -0.2) is 9.78 Å². The van der Waals surface area contributed by atoms with Crippen LogP contribution in [0.2, 0.25) is 0 Å². The molecule has 0 saturated heterocycles. The lowest BCUT2D eigenvalue weighted by atomic mass is 10.1.